The maximum absolute atomic E-state index is 12.6. The van der Waals surface area contributed by atoms with E-state index in [0.29, 0.717) is 13.1 Å². The molecule has 2 amide bonds. The second-order valence-corrected chi connectivity index (χ2v) is 6.47. The average Bonchev–Trinajstić information content (AvgIpc) is 3.18. The van der Waals surface area contributed by atoms with Crippen LogP contribution in [0.4, 0.5) is 0 Å². The maximum atomic E-state index is 12.6. The Morgan fingerprint density at radius 2 is 2.24 bits per heavy atom. The molecule has 0 spiro atoms. The first-order valence-electron chi connectivity index (χ1n) is 7.32. The maximum Gasteiger partial charge on any atom is 0.248 e. The monoisotopic (exact) mass is 310 g/mol. The van der Waals surface area contributed by atoms with Crippen molar-refractivity contribution in [1.82, 2.24) is 10.2 Å². The number of aliphatic hydroxyl groups is 1. The van der Waals surface area contributed by atoms with Crippen molar-refractivity contribution in [2.24, 2.45) is 5.92 Å². The van der Waals surface area contributed by atoms with Crippen LogP contribution in [0, 0.1) is 5.92 Å². The summed E-state index contributed by atoms with van der Waals surface area (Å²) in [5.74, 6) is -0.331. The standard InChI is InChI=1S/C15H22N2O3S/c1-3-17(9-12-5-4-8-21-12)15(20)13(10(2)18)16-14(19)11-6-7-11/h4-5,8,10-11,13,18H,3,6-7,9H2,1-2H3,(H,16,19). The number of rotatable bonds is 7. The van der Waals surface area contributed by atoms with Gasteiger partial charge >= 0.3 is 0 Å². The molecular weight excluding hydrogens is 288 g/mol. The van der Waals surface area contributed by atoms with Crippen molar-refractivity contribution in [3.05, 3.63) is 22.4 Å². The van der Waals surface area contributed by atoms with Gasteiger partial charge in [0.25, 0.3) is 0 Å². The quantitative estimate of drug-likeness (QED) is 0.799. The Labute approximate surface area is 129 Å². The number of carbonyl (C=O) groups excluding carboxylic acids is 2. The lowest BCUT2D eigenvalue weighted by atomic mass is 10.1. The van der Waals surface area contributed by atoms with Gasteiger partial charge in [-0.3, -0.25) is 9.59 Å². The molecule has 6 heteroatoms. The predicted octanol–water partition coefficient (Wildman–Crippen LogP) is 1.37. The van der Waals surface area contributed by atoms with E-state index in [1.807, 2.05) is 24.4 Å². The average molecular weight is 310 g/mol. The highest BCUT2D eigenvalue weighted by molar-refractivity contribution is 7.09. The second-order valence-electron chi connectivity index (χ2n) is 5.43. The van der Waals surface area contributed by atoms with E-state index >= 15 is 0 Å². The van der Waals surface area contributed by atoms with Crippen LogP contribution in [0.5, 0.6) is 0 Å². The molecule has 1 aromatic rings. The molecule has 1 saturated carbocycles. The summed E-state index contributed by atoms with van der Waals surface area (Å²) in [6.07, 6.45) is 0.843. The summed E-state index contributed by atoms with van der Waals surface area (Å²) in [4.78, 5) is 27.2. The molecule has 1 aliphatic carbocycles. The van der Waals surface area contributed by atoms with Crippen LogP contribution < -0.4 is 5.32 Å². The number of nitrogens with zero attached hydrogens (tertiary/aromatic N) is 1. The van der Waals surface area contributed by atoms with E-state index in [4.69, 9.17) is 0 Å². The summed E-state index contributed by atoms with van der Waals surface area (Å²) in [6, 6.07) is 3.05. The first-order chi connectivity index (χ1) is 10.0. The van der Waals surface area contributed by atoms with E-state index in [9.17, 15) is 14.7 Å². The zero-order chi connectivity index (χ0) is 15.4. The van der Waals surface area contributed by atoms with Gasteiger partial charge in [-0.15, -0.1) is 11.3 Å². The minimum absolute atomic E-state index is 0.0198. The van der Waals surface area contributed by atoms with E-state index < -0.39 is 12.1 Å². The highest BCUT2D eigenvalue weighted by Crippen LogP contribution is 2.29. The van der Waals surface area contributed by atoms with Crippen LogP contribution in [-0.2, 0) is 16.1 Å². The lowest BCUT2D eigenvalue weighted by Gasteiger charge is -2.28. The van der Waals surface area contributed by atoms with Crippen molar-refractivity contribution in [1.29, 1.82) is 0 Å². The Balaban J connectivity index is 2.02. The van der Waals surface area contributed by atoms with Crippen molar-refractivity contribution >= 4 is 23.2 Å². The van der Waals surface area contributed by atoms with E-state index in [-0.39, 0.29) is 17.7 Å². The molecule has 2 atom stereocenters. The molecule has 1 heterocycles. The molecule has 0 bridgehead atoms. The van der Waals surface area contributed by atoms with E-state index in [0.717, 1.165) is 17.7 Å². The predicted molar refractivity (Wildman–Crippen MR) is 81.7 cm³/mol. The molecule has 1 aromatic heterocycles. The molecule has 2 unspecified atom stereocenters. The van der Waals surface area contributed by atoms with Gasteiger partial charge in [0.05, 0.1) is 12.6 Å². The number of nitrogens with one attached hydrogen (secondary N) is 1. The number of thiophene rings is 1. The van der Waals surface area contributed by atoms with Crippen LogP contribution in [0.25, 0.3) is 0 Å². The molecule has 0 radical (unpaired) electrons. The molecule has 0 saturated heterocycles. The van der Waals surface area contributed by atoms with Crippen molar-refractivity contribution in [2.45, 2.75) is 45.4 Å². The number of aliphatic hydroxyl groups excluding tert-OH is 1. The van der Waals surface area contributed by atoms with Crippen molar-refractivity contribution in [3.8, 4) is 0 Å². The molecule has 0 aromatic carbocycles. The van der Waals surface area contributed by atoms with Crippen molar-refractivity contribution in [2.75, 3.05) is 6.54 Å². The molecule has 5 nitrogen and oxygen atoms in total. The zero-order valence-electron chi connectivity index (χ0n) is 12.4. The number of amides is 2. The highest BCUT2D eigenvalue weighted by atomic mass is 32.1. The van der Waals surface area contributed by atoms with Gasteiger partial charge in [0.15, 0.2) is 0 Å². The summed E-state index contributed by atoms with van der Waals surface area (Å²) in [5, 5.41) is 14.5. The fourth-order valence-electron chi connectivity index (χ4n) is 2.14. The zero-order valence-corrected chi connectivity index (χ0v) is 13.2. The van der Waals surface area contributed by atoms with Gasteiger partial charge in [0.1, 0.15) is 6.04 Å². The SMILES string of the molecule is CCN(Cc1cccs1)C(=O)C(NC(=O)C1CC1)C(C)O. The first-order valence-corrected chi connectivity index (χ1v) is 8.20. The lowest BCUT2D eigenvalue weighted by molar-refractivity contribution is -0.140. The third kappa shape index (κ3) is 4.28. The number of likely N-dealkylation sites (N-methyl/N-ethyl adjacent to an activating group) is 1. The topological polar surface area (TPSA) is 69.6 Å². The Morgan fingerprint density at radius 1 is 1.52 bits per heavy atom. The normalized spacial score (nSPS) is 17.1. The number of hydrogen-bond acceptors (Lipinski definition) is 4. The van der Waals surface area contributed by atoms with Crippen molar-refractivity contribution < 1.29 is 14.7 Å². The van der Waals surface area contributed by atoms with Gasteiger partial charge in [0, 0.05) is 17.3 Å². The minimum atomic E-state index is -0.905. The summed E-state index contributed by atoms with van der Waals surface area (Å²) in [6.45, 7) is 4.48. The largest absolute Gasteiger partial charge is 0.391 e. The minimum Gasteiger partial charge on any atom is -0.391 e. The third-order valence-corrected chi connectivity index (χ3v) is 4.48. The summed E-state index contributed by atoms with van der Waals surface area (Å²) in [7, 11) is 0. The molecule has 0 aliphatic heterocycles. The smallest absolute Gasteiger partial charge is 0.248 e. The van der Waals surface area contributed by atoms with E-state index in [2.05, 4.69) is 5.32 Å². The van der Waals surface area contributed by atoms with Gasteiger partial charge in [-0.25, -0.2) is 0 Å². The molecule has 116 valence electrons. The van der Waals surface area contributed by atoms with Gasteiger partial charge in [0.2, 0.25) is 11.8 Å². The van der Waals surface area contributed by atoms with Crippen LogP contribution in [0.2, 0.25) is 0 Å². The van der Waals surface area contributed by atoms with Crippen molar-refractivity contribution in [3.63, 3.8) is 0 Å². The van der Waals surface area contributed by atoms with Crippen LogP contribution >= 0.6 is 11.3 Å². The highest BCUT2D eigenvalue weighted by Gasteiger charge is 2.35. The first kappa shape index (κ1) is 16.0. The van der Waals surface area contributed by atoms with E-state index in [1.165, 1.54) is 6.92 Å². The Hall–Kier alpha value is -1.40. The Kier molecular flexibility index (Phi) is 5.36. The van der Waals surface area contributed by atoms with Crippen LogP contribution in [0.1, 0.15) is 31.6 Å². The molecular formula is C15H22N2O3S. The molecule has 1 aliphatic rings. The summed E-state index contributed by atoms with van der Waals surface area (Å²) in [5.41, 5.74) is 0. The summed E-state index contributed by atoms with van der Waals surface area (Å²) >= 11 is 1.59. The van der Waals surface area contributed by atoms with Gasteiger partial charge in [-0.05, 0) is 38.1 Å². The lowest BCUT2D eigenvalue weighted by Crippen LogP contribution is -2.53. The van der Waals surface area contributed by atoms with Gasteiger partial charge in [-0.1, -0.05) is 6.07 Å². The van der Waals surface area contributed by atoms with Gasteiger partial charge in [-0.2, -0.15) is 0 Å². The number of hydrogen-bond donors (Lipinski definition) is 2. The van der Waals surface area contributed by atoms with Gasteiger partial charge < -0.3 is 15.3 Å². The molecule has 21 heavy (non-hydrogen) atoms. The fraction of sp³-hybridized carbons (Fsp3) is 0.600. The fourth-order valence-corrected chi connectivity index (χ4v) is 2.86. The second kappa shape index (κ2) is 7.04. The molecule has 1 fully saturated rings. The Morgan fingerprint density at radius 3 is 2.71 bits per heavy atom. The van der Waals surface area contributed by atoms with Crippen LogP contribution in [0.3, 0.4) is 0 Å². The molecule has 2 rings (SSSR count). The molecule has 2 N–H and O–H groups in total. The Bertz CT molecular complexity index is 483. The third-order valence-electron chi connectivity index (χ3n) is 3.61. The van der Waals surface area contributed by atoms with E-state index in [1.54, 1.807) is 16.2 Å². The number of carbonyl (C=O) groups is 2. The van der Waals surface area contributed by atoms with Crippen LogP contribution in [-0.4, -0.2) is 40.5 Å². The van der Waals surface area contributed by atoms with Crippen LogP contribution in [0.15, 0.2) is 17.5 Å². The summed E-state index contributed by atoms with van der Waals surface area (Å²) < 4.78 is 0.